The summed E-state index contributed by atoms with van der Waals surface area (Å²) in [6.07, 6.45) is 3.76. The van der Waals surface area contributed by atoms with E-state index in [1.54, 1.807) is 6.07 Å². The van der Waals surface area contributed by atoms with Crippen LogP contribution in [-0.4, -0.2) is 29.1 Å². The lowest BCUT2D eigenvalue weighted by molar-refractivity contribution is 0.0233. The predicted molar refractivity (Wildman–Crippen MR) is 103 cm³/mol. The largest absolute Gasteiger partial charge is 0.508 e. The molecule has 25 heavy (non-hydrogen) atoms. The van der Waals surface area contributed by atoms with Crippen molar-refractivity contribution in [3.8, 4) is 5.75 Å². The Morgan fingerprint density at radius 1 is 1.00 bits per heavy atom. The first kappa shape index (κ1) is 16.7. The van der Waals surface area contributed by atoms with E-state index in [1.165, 1.54) is 36.9 Å². The van der Waals surface area contributed by atoms with Gasteiger partial charge in [0.25, 0.3) is 0 Å². The summed E-state index contributed by atoms with van der Waals surface area (Å²) in [6, 6.07) is 19.6. The summed E-state index contributed by atoms with van der Waals surface area (Å²) in [7, 11) is 0. The van der Waals surface area contributed by atoms with Crippen molar-refractivity contribution in [3.05, 3.63) is 65.7 Å². The molecule has 0 unspecified atom stereocenters. The maximum atomic E-state index is 9.93. The molecule has 0 aliphatic carbocycles. The Kier molecular flexibility index (Phi) is 4.33. The van der Waals surface area contributed by atoms with E-state index in [1.807, 2.05) is 12.1 Å². The Bertz CT molecular complexity index is 728. The highest BCUT2D eigenvalue weighted by Crippen LogP contribution is 2.46. The van der Waals surface area contributed by atoms with Crippen molar-refractivity contribution < 1.29 is 5.11 Å². The van der Waals surface area contributed by atoms with Gasteiger partial charge >= 0.3 is 0 Å². The van der Waals surface area contributed by atoms with Gasteiger partial charge in [0, 0.05) is 19.1 Å². The van der Waals surface area contributed by atoms with Crippen molar-refractivity contribution in [1.29, 1.82) is 0 Å². The maximum absolute atomic E-state index is 9.93. The molecule has 2 saturated heterocycles. The molecule has 0 spiro atoms. The van der Waals surface area contributed by atoms with E-state index in [9.17, 15) is 5.11 Å². The molecular weight excluding hydrogens is 306 g/mol. The summed E-state index contributed by atoms with van der Waals surface area (Å²) in [6.45, 7) is 7.12. The number of fused-ring (bicyclic) bond motifs is 1. The third-order valence-electron chi connectivity index (χ3n) is 6.85. The van der Waals surface area contributed by atoms with Gasteiger partial charge in [-0.1, -0.05) is 56.3 Å². The fourth-order valence-electron chi connectivity index (χ4n) is 5.06. The molecule has 132 valence electrons. The van der Waals surface area contributed by atoms with Crippen LogP contribution in [0.4, 0.5) is 0 Å². The van der Waals surface area contributed by atoms with Gasteiger partial charge in [-0.15, -0.1) is 0 Å². The fraction of sp³-hybridized carbons (Fsp3) is 0.478. The van der Waals surface area contributed by atoms with Gasteiger partial charge in [-0.25, -0.2) is 0 Å². The van der Waals surface area contributed by atoms with E-state index < -0.39 is 0 Å². The number of hydrogen-bond acceptors (Lipinski definition) is 2. The highest BCUT2D eigenvalue weighted by atomic mass is 16.3. The van der Waals surface area contributed by atoms with Crippen molar-refractivity contribution >= 4 is 0 Å². The van der Waals surface area contributed by atoms with E-state index in [-0.39, 0.29) is 5.41 Å². The average Bonchev–Trinajstić information content (AvgIpc) is 2.63. The van der Waals surface area contributed by atoms with Crippen LogP contribution in [0.3, 0.4) is 0 Å². The van der Waals surface area contributed by atoms with Crippen LogP contribution < -0.4 is 0 Å². The topological polar surface area (TPSA) is 23.5 Å². The summed E-state index contributed by atoms with van der Waals surface area (Å²) in [5.41, 5.74) is 2.94. The normalized spacial score (nSPS) is 33.0. The number of nitrogens with zero attached hydrogens (tertiary/aromatic N) is 1. The molecular formula is C23H29NO. The minimum atomic E-state index is 0.152. The van der Waals surface area contributed by atoms with Gasteiger partial charge in [0.05, 0.1) is 0 Å². The first-order valence-corrected chi connectivity index (χ1v) is 9.65. The molecule has 2 fully saturated rings. The monoisotopic (exact) mass is 335 g/mol. The summed E-state index contributed by atoms with van der Waals surface area (Å²) >= 11 is 0. The molecule has 2 aliphatic rings. The van der Waals surface area contributed by atoms with Gasteiger partial charge in [-0.05, 0) is 59.8 Å². The Balaban J connectivity index is 1.53. The first-order valence-electron chi connectivity index (χ1n) is 9.65. The molecule has 2 aliphatic heterocycles. The number of benzene rings is 2. The van der Waals surface area contributed by atoms with Gasteiger partial charge in [-0.2, -0.15) is 0 Å². The molecule has 2 heteroatoms. The van der Waals surface area contributed by atoms with Crippen LogP contribution in [0.5, 0.6) is 5.75 Å². The molecule has 2 heterocycles. The van der Waals surface area contributed by atoms with Crippen molar-refractivity contribution in [3.63, 3.8) is 0 Å². The summed E-state index contributed by atoms with van der Waals surface area (Å²) in [4.78, 5) is 2.73. The molecule has 0 bridgehead atoms. The second kappa shape index (κ2) is 6.49. The molecule has 4 rings (SSSR count). The Morgan fingerprint density at radius 2 is 1.80 bits per heavy atom. The van der Waals surface area contributed by atoms with Gasteiger partial charge in [0.15, 0.2) is 0 Å². The number of rotatable bonds is 2. The quantitative estimate of drug-likeness (QED) is 0.840. The maximum Gasteiger partial charge on any atom is 0.115 e. The van der Waals surface area contributed by atoms with E-state index in [2.05, 4.69) is 55.1 Å². The van der Waals surface area contributed by atoms with Crippen molar-refractivity contribution in [2.24, 2.45) is 5.92 Å². The highest BCUT2D eigenvalue weighted by Gasteiger charge is 2.44. The lowest BCUT2D eigenvalue weighted by atomic mass is 9.64. The van der Waals surface area contributed by atoms with Crippen molar-refractivity contribution in [2.45, 2.75) is 50.5 Å². The third-order valence-corrected chi connectivity index (χ3v) is 6.85. The van der Waals surface area contributed by atoms with Crippen LogP contribution in [0.1, 0.15) is 50.2 Å². The van der Waals surface area contributed by atoms with Crippen LogP contribution in [0, 0.1) is 5.92 Å². The average molecular weight is 335 g/mol. The predicted octanol–water partition coefficient (Wildman–Crippen LogP) is 4.94. The number of phenolic OH excluding ortho intramolecular Hbond substituents is 1. The summed E-state index contributed by atoms with van der Waals surface area (Å²) in [5.74, 6) is 1.65. The van der Waals surface area contributed by atoms with Gasteiger partial charge in [0.1, 0.15) is 5.75 Å². The zero-order valence-electron chi connectivity index (χ0n) is 15.4. The highest BCUT2D eigenvalue weighted by molar-refractivity contribution is 5.34. The Hall–Kier alpha value is -1.80. The molecule has 0 aromatic heterocycles. The van der Waals surface area contributed by atoms with E-state index in [0.29, 0.717) is 23.6 Å². The fourth-order valence-corrected chi connectivity index (χ4v) is 5.06. The van der Waals surface area contributed by atoms with Crippen LogP contribution in [-0.2, 0) is 5.41 Å². The molecule has 1 N–H and O–H groups in total. The van der Waals surface area contributed by atoms with Gasteiger partial charge in [-0.3, -0.25) is 4.90 Å². The van der Waals surface area contributed by atoms with Crippen LogP contribution in [0.25, 0.3) is 0 Å². The zero-order chi connectivity index (χ0) is 17.4. The standard InChI is InChI=1S/C23H29NO/c1-17-15-24-16-19(18-7-4-3-5-8-18)11-12-21(24)14-23(17,2)20-9-6-10-22(25)13-20/h3-10,13,17,19,21,25H,11-12,14-16H2,1-2H3/t17-,19-,21-,23+/m0/s1. The lowest BCUT2D eigenvalue weighted by Gasteiger charge is -2.52. The molecule has 4 atom stereocenters. The van der Waals surface area contributed by atoms with Crippen LogP contribution in [0.2, 0.25) is 0 Å². The minimum Gasteiger partial charge on any atom is -0.508 e. The number of phenols is 1. The second-order valence-electron chi connectivity index (χ2n) is 8.37. The summed E-state index contributed by atoms with van der Waals surface area (Å²) in [5, 5.41) is 9.93. The number of piperidine rings is 2. The molecule has 0 saturated carbocycles. The third kappa shape index (κ3) is 3.08. The summed E-state index contributed by atoms with van der Waals surface area (Å²) < 4.78 is 0. The zero-order valence-corrected chi connectivity index (χ0v) is 15.4. The Labute approximate surface area is 151 Å². The first-order chi connectivity index (χ1) is 12.1. The minimum absolute atomic E-state index is 0.152. The number of aromatic hydroxyl groups is 1. The van der Waals surface area contributed by atoms with Crippen LogP contribution >= 0.6 is 0 Å². The van der Waals surface area contributed by atoms with Gasteiger partial charge < -0.3 is 5.11 Å². The van der Waals surface area contributed by atoms with Crippen molar-refractivity contribution in [1.82, 2.24) is 4.90 Å². The number of hydrogen-bond donors (Lipinski definition) is 1. The van der Waals surface area contributed by atoms with Crippen molar-refractivity contribution in [2.75, 3.05) is 13.1 Å². The van der Waals surface area contributed by atoms with E-state index >= 15 is 0 Å². The Morgan fingerprint density at radius 3 is 2.56 bits per heavy atom. The molecule has 0 radical (unpaired) electrons. The second-order valence-corrected chi connectivity index (χ2v) is 8.37. The molecule has 0 amide bonds. The molecule has 2 nitrogen and oxygen atoms in total. The SMILES string of the molecule is C[C@H]1CN2C[C@@H](c3ccccc3)CC[C@H]2C[C@@]1(C)c1cccc(O)c1. The molecule has 2 aromatic rings. The molecule has 2 aromatic carbocycles. The van der Waals surface area contributed by atoms with E-state index in [0.717, 1.165) is 6.54 Å². The van der Waals surface area contributed by atoms with Crippen LogP contribution in [0.15, 0.2) is 54.6 Å². The smallest absolute Gasteiger partial charge is 0.115 e. The van der Waals surface area contributed by atoms with E-state index in [4.69, 9.17) is 0 Å². The lowest BCUT2D eigenvalue weighted by Crippen LogP contribution is -2.55. The van der Waals surface area contributed by atoms with Gasteiger partial charge in [0.2, 0.25) is 0 Å².